The van der Waals surface area contributed by atoms with Gasteiger partial charge in [-0.15, -0.1) is 0 Å². The molecule has 3 heterocycles. The number of nitrogens with one attached hydrogen (secondary N) is 2. The van der Waals surface area contributed by atoms with Crippen LogP contribution in [0, 0.1) is 0 Å². The van der Waals surface area contributed by atoms with Crippen LogP contribution in [0.25, 0.3) is 22.4 Å². The maximum atomic E-state index is 11.6. The number of cyclic esters (lactones) is 1. The zero-order valence-electron chi connectivity index (χ0n) is 11.6. The number of rotatable bonds is 1. The third-order valence-corrected chi connectivity index (χ3v) is 3.65. The highest BCUT2D eigenvalue weighted by Gasteiger charge is 2.34. The lowest BCUT2D eigenvalue weighted by molar-refractivity contribution is 0.0421. The van der Waals surface area contributed by atoms with Crippen molar-refractivity contribution in [2.75, 3.05) is 5.32 Å². The summed E-state index contributed by atoms with van der Waals surface area (Å²) in [5, 5.41) is 2.72. The van der Waals surface area contributed by atoms with Gasteiger partial charge in [0, 0.05) is 5.56 Å². The van der Waals surface area contributed by atoms with E-state index < -0.39 is 11.7 Å². The Morgan fingerprint density at radius 1 is 1.29 bits per heavy atom. The fourth-order valence-corrected chi connectivity index (χ4v) is 2.62. The molecule has 0 spiro atoms. The van der Waals surface area contributed by atoms with Crippen molar-refractivity contribution < 1.29 is 13.9 Å². The standard InChI is InChI=1S/C15H13N3O3/c1-15(2)9-5-11-12(6-10(9)18-14(19)21-15)17-13(16-11)8-3-4-20-7-8/h3-7H,1-2H3,(H,16,17)(H,18,19). The molecule has 6 nitrogen and oxygen atoms in total. The average Bonchev–Trinajstić information content (AvgIpc) is 3.04. The predicted octanol–water partition coefficient (Wildman–Crippen LogP) is 3.62. The first-order chi connectivity index (χ1) is 10.0. The van der Waals surface area contributed by atoms with Crippen LogP contribution in [0.15, 0.2) is 35.1 Å². The molecule has 1 amide bonds. The van der Waals surface area contributed by atoms with Crippen LogP contribution in [0.2, 0.25) is 0 Å². The Labute approximate surface area is 120 Å². The Kier molecular flexibility index (Phi) is 2.22. The number of carbonyl (C=O) groups is 1. The lowest BCUT2D eigenvalue weighted by Crippen LogP contribution is -2.34. The molecular weight excluding hydrogens is 270 g/mol. The maximum Gasteiger partial charge on any atom is 0.412 e. The van der Waals surface area contributed by atoms with E-state index in [9.17, 15) is 4.79 Å². The van der Waals surface area contributed by atoms with E-state index in [1.54, 1.807) is 12.5 Å². The van der Waals surface area contributed by atoms with Crippen LogP contribution in [0.3, 0.4) is 0 Å². The number of nitrogens with zero attached hydrogens (tertiary/aromatic N) is 1. The summed E-state index contributed by atoms with van der Waals surface area (Å²) in [7, 11) is 0. The van der Waals surface area contributed by atoms with Gasteiger partial charge in [0.15, 0.2) is 0 Å². The zero-order valence-corrected chi connectivity index (χ0v) is 11.6. The summed E-state index contributed by atoms with van der Waals surface area (Å²) >= 11 is 0. The summed E-state index contributed by atoms with van der Waals surface area (Å²) < 4.78 is 10.4. The number of fused-ring (bicyclic) bond motifs is 2. The number of furan rings is 1. The number of anilines is 1. The highest BCUT2D eigenvalue weighted by Crippen LogP contribution is 2.38. The van der Waals surface area contributed by atoms with Gasteiger partial charge >= 0.3 is 6.09 Å². The van der Waals surface area contributed by atoms with Crippen LogP contribution in [0.4, 0.5) is 10.5 Å². The van der Waals surface area contributed by atoms with Crippen molar-refractivity contribution in [3.63, 3.8) is 0 Å². The lowest BCUT2D eigenvalue weighted by Gasteiger charge is -2.32. The highest BCUT2D eigenvalue weighted by atomic mass is 16.6. The van der Waals surface area contributed by atoms with Gasteiger partial charge in [-0.05, 0) is 32.0 Å². The van der Waals surface area contributed by atoms with Crippen molar-refractivity contribution >= 4 is 22.8 Å². The molecule has 2 aromatic heterocycles. The highest BCUT2D eigenvalue weighted by molar-refractivity contribution is 5.93. The summed E-state index contributed by atoms with van der Waals surface area (Å²) in [6.07, 6.45) is 2.79. The van der Waals surface area contributed by atoms with Crippen LogP contribution >= 0.6 is 0 Å². The predicted molar refractivity (Wildman–Crippen MR) is 76.9 cm³/mol. The van der Waals surface area contributed by atoms with Crippen molar-refractivity contribution in [1.29, 1.82) is 0 Å². The Bertz CT molecular complexity index is 847. The van der Waals surface area contributed by atoms with Crippen LogP contribution in [-0.2, 0) is 10.3 Å². The summed E-state index contributed by atoms with van der Waals surface area (Å²) in [5.74, 6) is 0.728. The topological polar surface area (TPSA) is 80.2 Å². The normalized spacial score (nSPS) is 16.4. The van der Waals surface area contributed by atoms with E-state index in [1.807, 2.05) is 32.0 Å². The van der Waals surface area contributed by atoms with Crippen molar-refractivity contribution in [1.82, 2.24) is 9.97 Å². The number of hydrogen-bond acceptors (Lipinski definition) is 4. The molecule has 0 aliphatic carbocycles. The van der Waals surface area contributed by atoms with Gasteiger partial charge in [-0.3, -0.25) is 5.32 Å². The monoisotopic (exact) mass is 283 g/mol. The quantitative estimate of drug-likeness (QED) is 0.714. The zero-order chi connectivity index (χ0) is 14.6. The number of hydrogen-bond donors (Lipinski definition) is 2. The first-order valence-corrected chi connectivity index (χ1v) is 6.60. The molecule has 0 bridgehead atoms. The first kappa shape index (κ1) is 12.0. The third kappa shape index (κ3) is 1.79. The van der Waals surface area contributed by atoms with Gasteiger partial charge in [0.2, 0.25) is 0 Å². The largest absolute Gasteiger partial charge is 0.472 e. The number of imidazole rings is 1. The molecule has 1 aliphatic rings. The number of amides is 1. The van der Waals surface area contributed by atoms with Gasteiger partial charge < -0.3 is 14.1 Å². The molecule has 0 saturated heterocycles. The van der Waals surface area contributed by atoms with Crippen molar-refractivity contribution in [2.24, 2.45) is 0 Å². The molecule has 4 rings (SSSR count). The summed E-state index contributed by atoms with van der Waals surface area (Å²) in [6, 6.07) is 5.65. The second-order valence-electron chi connectivity index (χ2n) is 5.54. The SMILES string of the molecule is CC1(C)OC(=O)Nc2cc3nc(-c4ccoc4)[nH]c3cc21. The summed E-state index contributed by atoms with van der Waals surface area (Å²) in [5.41, 5.74) is 3.52. The van der Waals surface area contributed by atoms with Gasteiger partial charge in [-0.25, -0.2) is 9.78 Å². The minimum absolute atomic E-state index is 0.447. The Balaban J connectivity index is 1.92. The molecule has 2 N–H and O–H groups in total. The number of aromatic nitrogens is 2. The molecule has 1 aliphatic heterocycles. The molecule has 106 valence electrons. The van der Waals surface area contributed by atoms with Gasteiger partial charge in [0.05, 0.1) is 28.5 Å². The molecule has 1 aromatic carbocycles. The third-order valence-electron chi connectivity index (χ3n) is 3.65. The fourth-order valence-electron chi connectivity index (χ4n) is 2.62. The second kappa shape index (κ2) is 3.88. The molecule has 0 unspecified atom stereocenters. The van der Waals surface area contributed by atoms with E-state index in [2.05, 4.69) is 15.3 Å². The van der Waals surface area contributed by atoms with Crippen molar-refractivity contribution in [3.05, 3.63) is 36.3 Å². The van der Waals surface area contributed by atoms with Gasteiger partial charge in [0.25, 0.3) is 0 Å². The average molecular weight is 283 g/mol. The number of carbonyl (C=O) groups excluding carboxylic acids is 1. The summed E-state index contributed by atoms with van der Waals surface area (Å²) in [4.78, 5) is 19.4. The molecule has 21 heavy (non-hydrogen) atoms. The number of aromatic amines is 1. The Hall–Kier alpha value is -2.76. The van der Waals surface area contributed by atoms with E-state index in [-0.39, 0.29) is 0 Å². The van der Waals surface area contributed by atoms with Gasteiger partial charge in [-0.1, -0.05) is 0 Å². The molecule has 6 heteroatoms. The van der Waals surface area contributed by atoms with E-state index in [4.69, 9.17) is 9.15 Å². The van der Waals surface area contributed by atoms with Crippen LogP contribution in [0.5, 0.6) is 0 Å². The van der Waals surface area contributed by atoms with Crippen molar-refractivity contribution in [2.45, 2.75) is 19.4 Å². The number of H-pyrrole nitrogens is 1. The van der Waals surface area contributed by atoms with Crippen LogP contribution in [0.1, 0.15) is 19.4 Å². The maximum absolute atomic E-state index is 11.6. The van der Waals surface area contributed by atoms with E-state index >= 15 is 0 Å². The van der Waals surface area contributed by atoms with Crippen LogP contribution < -0.4 is 5.32 Å². The van der Waals surface area contributed by atoms with Gasteiger partial charge in [0.1, 0.15) is 17.7 Å². The van der Waals surface area contributed by atoms with Gasteiger partial charge in [-0.2, -0.15) is 0 Å². The first-order valence-electron chi connectivity index (χ1n) is 6.60. The van der Waals surface area contributed by atoms with E-state index in [1.165, 1.54) is 0 Å². The van der Waals surface area contributed by atoms with E-state index in [0.717, 1.165) is 33.7 Å². The molecular formula is C15H13N3O3. The molecule has 0 saturated carbocycles. The minimum Gasteiger partial charge on any atom is -0.472 e. The molecule has 0 fully saturated rings. The number of ether oxygens (including phenoxy) is 1. The van der Waals surface area contributed by atoms with Crippen LogP contribution in [-0.4, -0.2) is 16.1 Å². The molecule has 0 atom stereocenters. The Morgan fingerprint density at radius 3 is 2.90 bits per heavy atom. The second-order valence-corrected chi connectivity index (χ2v) is 5.54. The van der Waals surface area contributed by atoms with Crippen molar-refractivity contribution in [3.8, 4) is 11.4 Å². The number of benzene rings is 1. The smallest absolute Gasteiger partial charge is 0.412 e. The lowest BCUT2D eigenvalue weighted by atomic mass is 9.94. The molecule has 0 radical (unpaired) electrons. The Morgan fingerprint density at radius 2 is 2.14 bits per heavy atom. The minimum atomic E-state index is -0.674. The fraction of sp³-hybridized carbons (Fsp3) is 0.200. The van der Waals surface area contributed by atoms with E-state index in [0.29, 0.717) is 0 Å². The summed E-state index contributed by atoms with van der Waals surface area (Å²) in [6.45, 7) is 3.73. The molecule has 3 aromatic rings.